The first-order valence-electron chi connectivity index (χ1n) is 8.73. The Morgan fingerprint density at radius 2 is 1.69 bits per heavy atom. The van der Waals surface area contributed by atoms with Gasteiger partial charge in [0.05, 0.1) is 5.69 Å². The second kappa shape index (κ2) is 8.63. The van der Waals surface area contributed by atoms with Crippen LogP contribution < -0.4 is 11.1 Å². The largest absolute Gasteiger partial charge is 0.363 e. The van der Waals surface area contributed by atoms with Gasteiger partial charge >= 0.3 is 0 Å². The fourth-order valence-corrected chi connectivity index (χ4v) is 2.80. The number of carbonyl (C=O) groups is 3. The van der Waals surface area contributed by atoms with Gasteiger partial charge in [-0.15, -0.1) is 0 Å². The summed E-state index contributed by atoms with van der Waals surface area (Å²) in [7, 11) is 0. The van der Waals surface area contributed by atoms with Crippen LogP contribution in [0.4, 0.5) is 0 Å². The van der Waals surface area contributed by atoms with Gasteiger partial charge in [-0.25, -0.2) is 4.68 Å². The smallest absolute Gasteiger partial charge is 0.287 e. The lowest BCUT2D eigenvalue weighted by Crippen LogP contribution is -2.47. The number of nitriles is 1. The van der Waals surface area contributed by atoms with Crippen LogP contribution in [0.25, 0.3) is 5.69 Å². The Hall–Kier alpha value is -4.25. The molecule has 3 aromatic rings. The molecular weight excluding hydrogens is 370 g/mol. The number of carbonyl (C=O) groups excluding carboxylic acids is 3. The van der Waals surface area contributed by atoms with Crippen LogP contribution in [0.5, 0.6) is 0 Å². The van der Waals surface area contributed by atoms with E-state index in [2.05, 4.69) is 10.4 Å². The lowest BCUT2D eigenvalue weighted by Gasteiger charge is -2.15. The van der Waals surface area contributed by atoms with Gasteiger partial charge in [0.1, 0.15) is 17.8 Å². The summed E-state index contributed by atoms with van der Waals surface area (Å²) in [6.07, 6.45) is 0.0961. The maximum Gasteiger partial charge on any atom is 0.287 e. The van der Waals surface area contributed by atoms with Gasteiger partial charge in [0, 0.05) is 12.5 Å². The standard InChI is InChI=1S/C21H17N5O3/c22-13-16-12-18(25-26(16)15-9-5-2-6-10-15)21(29)24-17(19(27)20(23)28)11-14-7-3-1-4-8-14/h1-10,12,17H,11H2,(H2,23,28)(H,24,29). The maximum atomic E-state index is 12.7. The summed E-state index contributed by atoms with van der Waals surface area (Å²) in [6.45, 7) is 0. The molecule has 0 radical (unpaired) electrons. The van der Waals surface area contributed by atoms with Crippen LogP contribution >= 0.6 is 0 Å². The third kappa shape index (κ3) is 4.54. The number of Topliss-reactive ketones (excluding diaryl/α,β-unsaturated/α-hetero) is 1. The summed E-state index contributed by atoms with van der Waals surface area (Å²) in [6, 6.07) is 19.9. The molecule has 0 aliphatic heterocycles. The minimum Gasteiger partial charge on any atom is -0.363 e. The normalized spacial score (nSPS) is 11.3. The monoisotopic (exact) mass is 387 g/mol. The summed E-state index contributed by atoms with van der Waals surface area (Å²) in [4.78, 5) is 36.3. The fraction of sp³-hybridized carbons (Fsp3) is 0.0952. The zero-order chi connectivity index (χ0) is 20.8. The Labute approximate surface area is 166 Å². The Bertz CT molecular complexity index is 1080. The van der Waals surface area contributed by atoms with E-state index in [1.165, 1.54) is 10.7 Å². The molecule has 1 atom stereocenters. The number of primary amides is 1. The first-order chi connectivity index (χ1) is 14.0. The zero-order valence-electron chi connectivity index (χ0n) is 15.3. The van der Waals surface area contributed by atoms with Gasteiger partial charge in [0.25, 0.3) is 11.8 Å². The number of nitrogens with one attached hydrogen (secondary N) is 1. The highest BCUT2D eigenvalue weighted by molar-refractivity contribution is 6.38. The third-order valence-electron chi connectivity index (χ3n) is 4.20. The molecule has 0 aliphatic carbocycles. The molecule has 8 nitrogen and oxygen atoms in total. The van der Waals surface area contributed by atoms with E-state index in [0.717, 1.165) is 5.56 Å². The average molecular weight is 387 g/mol. The molecule has 0 aliphatic rings. The van der Waals surface area contributed by atoms with Crippen LogP contribution in [-0.2, 0) is 16.0 Å². The van der Waals surface area contributed by atoms with Gasteiger partial charge in [-0.2, -0.15) is 10.4 Å². The highest BCUT2D eigenvalue weighted by Crippen LogP contribution is 2.13. The molecule has 3 rings (SSSR count). The van der Waals surface area contributed by atoms with E-state index in [0.29, 0.717) is 5.69 Å². The number of ketones is 1. The molecule has 1 heterocycles. The van der Waals surface area contributed by atoms with Gasteiger partial charge < -0.3 is 11.1 Å². The van der Waals surface area contributed by atoms with Crippen molar-refractivity contribution in [2.45, 2.75) is 12.5 Å². The first kappa shape index (κ1) is 19.5. The predicted octanol–water partition coefficient (Wildman–Crippen LogP) is 1.14. The number of rotatable bonds is 7. The highest BCUT2D eigenvalue weighted by atomic mass is 16.2. The lowest BCUT2D eigenvalue weighted by atomic mass is 10.0. The summed E-state index contributed by atoms with van der Waals surface area (Å²) >= 11 is 0. The second-order valence-corrected chi connectivity index (χ2v) is 6.22. The number of hydrogen-bond donors (Lipinski definition) is 2. The van der Waals surface area contributed by atoms with Crippen molar-refractivity contribution >= 4 is 17.6 Å². The van der Waals surface area contributed by atoms with Crippen molar-refractivity contribution in [2.75, 3.05) is 0 Å². The molecule has 0 fully saturated rings. The molecule has 0 bridgehead atoms. The topological polar surface area (TPSA) is 131 Å². The second-order valence-electron chi connectivity index (χ2n) is 6.22. The maximum absolute atomic E-state index is 12.7. The quantitative estimate of drug-likeness (QED) is 0.587. The van der Waals surface area contributed by atoms with E-state index in [4.69, 9.17) is 5.73 Å². The zero-order valence-corrected chi connectivity index (χ0v) is 15.3. The van der Waals surface area contributed by atoms with Crippen molar-refractivity contribution < 1.29 is 14.4 Å². The van der Waals surface area contributed by atoms with Crippen LogP contribution in [0.3, 0.4) is 0 Å². The molecule has 2 aromatic carbocycles. The molecule has 3 N–H and O–H groups in total. The van der Waals surface area contributed by atoms with Crippen molar-refractivity contribution in [1.82, 2.24) is 15.1 Å². The molecular formula is C21H17N5O3. The molecule has 144 valence electrons. The van der Waals surface area contributed by atoms with Crippen molar-refractivity contribution in [3.8, 4) is 11.8 Å². The fourth-order valence-electron chi connectivity index (χ4n) is 2.80. The van der Waals surface area contributed by atoms with Gasteiger partial charge in [0.15, 0.2) is 5.69 Å². The van der Waals surface area contributed by atoms with Gasteiger partial charge in [0.2, 0.25) is 5.78 Å². The van der Waals surface area contributed by atoms with E-state index >= 15 is 0 Å². The molecule has 2 amide bonds. The Morgan fingerprint density at radius 1 is 1.07 bits per heavy atom. The third-order valence-corrected chi connectivity index (χ3v) is 4.20. The van der Waals surface area contributed by atoms with Crippen LogP contribution in [0.2, 0.25) is 0 Å². The summed E-state index contributed by atoms with van der Waals surface area (Å²) in [5.41, 5.74) is 6.59. The van der Waals surface area contributed by atoms with Crippen molar-refractivity contribution in [3.63, 3.8) is 0 Å². The molecule has 0 saturated carbocycles. The summed E-state index contributed by atoms with van der Waals surface area (Å²) < 4.78 is 1.33. The van der Waals surface area contributed by atoms with Gasteiger partial charge in [-0.1, -0.05) is 48.5 Å². The Kier molecular flexibility index (Phi) is 5.80. The number of nitrogens with two attached hydrogens (primary N) is 1. The Balaban J connectivity index is 1.86. The molecule has 29 heavy (non-hydrogen) atoms. The van der Waals surface area contributed by atoms with Crippen molar-refractivity contribution in [1.29, 1.82) is 5.26 Å². The van der Waals surface area contributed by atoms with Gasteiger partial charge in [-0.05, 0) is 17.7 Å². The molecule has 0 spiro atoms. The Morgan fingerprint density at radius 3 is 2.28 bits per heavy atom. The number of amides is 2. The van der Waals surface area contributed by atoms with Crippen LogP contribution in [-0.4, -0.2) is 33.4 Å². The molecule has 1 unspecified atom stereocenters. The van der Waals surface area contributed by atoms with E-state index in [1.54, 1.807) is 48.5 Å². The summed E-state index contributed by atoms with van der Waals surface area (Å²) in [5, 5.41) is 16.0. The van der Waals surface area contributed by atoms with Crippen LogP contribution in [0.1, 0.15) is 21.7 Å². The number of para-hydroxylation sites is 1. The van der Waals surface area contributed by atoms with Crippen LogP contribution in [0.15, 0.2) is 66.7 Å². The number of aromatic nitrogens is 2. The van der Waals surface area contributed by atoms with E-state index in [9.17, 15) is 19.6 Å². The molecule has 0 saturated heterocycles. The number of nitrogens with zero attached hydrogens (tertiary/aromatic N) is 3. The highest BCUT2D eigenvalue weighted by Gasteiger charge is 2.27. The van der Waals surface area contributed by atoms with E-state index < -0.39 is 23.6 Å². The van der Waals surface area contributed by atoms with Crippen molar-refractivity contribution in [2.24, 2.45) is 5.73 Å². The molecule has 8 heteroatoms. The van der Waals surface area contributed by atoms with Crippen LogP contribution in [0, 0.1) is 11.3 Å². The average Bonchev–Trinajstić information content (AvgIpc) is 3.18. The molecule has 1 aromatic heterocycles. The van der Waals surface area contributed by atoms with E-state index in [-0.39, 0.29) is 17.8 Å². The number of benzene rings is 2. The minimum absolute atomic E-state index is 0.0549. The SMILES string of the molecule is N#Cc1cc(C(=O)NC(Cc2ccccc2)C(=O)C(N)=O)nn1-c1ccccc1. The van der Waals surface area contributed by atoms with Crippen molar-refractivity contribution in [3.05, 3.63) is 83.7 Å². The minimum atomic E-state index is -1.14. The van der Waals surface area contributed by atoms with Gasteiger partial charge in [-0.3, -0.25) is 14.4 Å². The lowest BCUT2D eigenvalue weighted by molar-refractivity contribution is -0.137. The number of hydrogen-bond acceptors (Lipinski definition) is 5. The summed E-state index contributed by atoms with van der Waals surface area (Å²) in [5.74, 6) is -2.74. The first-order valence-corrected chi connectivity index (χ1v) is 8.73. The van der Waals surface area contributed by atoms with E-state index in [1.807, 2.05) is 18.2 Å². The predicted molar refractivity (Wildman–Crippen MR) is 104 cm³/mol.